The van der Waals surface area contributed by atoms with Crippen molar-refractivity contribution in [2.45, 2.75) is 13.0 Å². The average Bonchev–Trinajstić information content (AvgIpc) is 2.54. The van der Waals surface area contributed by atoms with Crippen LogP contribution in [-0.2, 0) is 0 Å². The Kier molecular flexibility index (Phi) is 4.02. The molecule has 0 aliphatic carbocycles. The second kappa shape index (κ2) is 6.12. The molecule has 2 aromatic heterocycles. The van der Waals surface area contributed by atoms with Gasteiger partial charge in [-0.3, -0.25) is 9.78 Å². The Bertz CT molecular complexity index is 821. The van der Waals surface area contributed by atoms with Crippen molar-refractivity contribution in [3.8, 4) is 0 Å². The highest BCUT2D eigenvalue weighted by Crippen LogP contribution is 2.21. The summed E-state index contributed by atoms with van der Waals surface area (Å²) < 4.78 is 0. The second-order valence-electron chi connectivity index (χ2n) is 4.99. The molecule has 3 rings (SSSR count). The maximum absolute atomic E-state index is 12.6. The van der Waals surface area contributed by atoms with E-state index >= 15 is 0 Å². The molecule has 5 heteroatoms. The molecule has 1 amide bonds. The molecule has 0 saturated heterocycles. The van der Waals surface area contributed by atoms with Gasteiger partial charge in [0.25, 0.3) is 5.91 Å². The van der Waals surface area contributed by atoms with E-state index in [2.05, 4.69) is 15.3 Å². The molecule has 1 aromatic carbocycles. The highest BCUT2D eigenvalue weighted by atomic mass is 35.5. The van der Waals surface area contributed by atoms with Gasteiger partial charge in [-0.25, -0.2) is 4.98 Å². The van der Waals surface area contributed by atoms with Crippen LogP contribution < -0.4 is 5.32 Å². The van der Waals surface area contributed by atoms with Crippen LogP contribution in [0.1, 0.15) is 28.9 Å². The summed E-state index contributed by atoms with van der Waals surface area (Å²) in [7, 11) is 0. The number of amides is 1. The summed E-state index contributed by atoms with van der Waals surface area (Å²) in [5.74, 6) is -0.176. The molecule has 110 valence electrons. The minimum absolute atomic E-state index is 0.124. The number of carbonyl (C=O) groups is 1. The standard InChI is InChI=1S/C17H14ClN3O/c1-11(12-6-8-19-9-7-12)20-17(22)14-10-16(18)21-15-5-3-2-4-13(14)15/h2-11H,1H3,(H,20,22). The van der Waals surface area contributed by atoms with Gasteiger partial charge < -0.3 is 5.32 Å². The molecular weight excluding hydrogens is 298 g/mol. The van der Waals surface area contributed by atoms with Gasteiger partial charge in [0.05, 0.1) is 17.1 Å². The summed E-state index contributed by atoms with van der Waals surface area (Å²) in [5.41, 5.74) is 2.22. The van der Waals surface area contributed by atoms with Crippen LogP contribution >= 0.6 is 11.6 Å². The topological polar surface area (TPSA) is 54.9 Å². The van der Waals surface area contributed by atoms with Crippen LogP contribution in [0.3, 0.4) is 0 Å². The van der Waals surface area contributed by atoms with Crippen molar-refractivity contribution in [2.75, 3.05) is 0 Å². The summed E-state index contributed by atoms with van der Waals surface area (Å²) >= 11 is 6.02. The Morgan fingerprint density at radius 1 is 1.18 bits per heavy atom. The van der Waals surface area contributed by atoms with Crippen molar-refractivity contribution < 1.29 is 4.79 Å². The normalized spacial score (nSPS) is 12.1. The number of carbonyl (C=O) groups excluding carboxylic acids is 1. The lowest BCUT2D eigenvalue weighted by Gasteiger charge is -2.15. The monoisotopic (exact) mass is 311 g/mol. The lowest BCUT2D eigenvalue weighted by molar-refractivity contribution is 0.0941. The Labute approximate surface area is 133 Å². The van der Waals surface area contributed by atoms with Crippen molar-refractivity contribution in [1.82, 2.24) is 15.3 Å². The number of nitrogens with one attached hydrogen (secondary N) is 1. The molecule has 0 radical (unpaired) electrons. The van der Waals surface area contributed by atoms with Gasteiger partial charge in [-0.05, 0) is 36.8 Å². The van der Waals surface area contributed by atoms with E-state index in [0.717, 1.165) is 10.9 Å². The highest BCUT2D eigenvalue weighted by molar-refractivity contribution is 6.30. The summed E-state index contributed by atoms with van der Waals surface area (Å²) in [4.78, 5) is 20.8. The quantitative estimate of drug-likeness (QED) is 0.749. The van der Waals surface area contributed by atoms with Crippen molar-refractivity contribution in [1.29, 1.82) is 0 Å². The fourth-order valence-electron chi connectivity index (χ4n) is 2.34. The lowest BCUT2D eigenvalue weighted by atomic mass is 10.1. The number of nitrogens with zero attached hydrogens (tertiary/aromatic N) is 2. The molecule has 0 aliphatic rings. The van der Waals surface area contributed by atoms with Gasteiger partial charge in [0, 0.05) is 17.8 Å². The van der Waals surface area contributed by atoms with Crippen molar-refractivity contribution in [3.63, 3.8) is 0 Å². The van der Waals surface area contributed by atoms with E-state index in [9.17, 15) is 4.79 Å². The molecule has 1 unspecified atom stereocenters. The SMILES string of the molecule is CC(NC(=O)c1cc(Cl)nc2ccccc12)c1ccncc1. The Morgan fingerprint density at radius 3 is 2.68 bits per heavy atom. The smallest absolute Gasteiger partial charge is 0.252 e. The molecule has 0 fully saturated rings. The van der Waals surface area contributed by atoms with E-state index in [1.54, 1.807) is 18.5 Å². The number of rotatable bonds is 3. The minimum Gasteiger partial charge on any atom is -0.345 e. The van der Waals surface area contributed by atoms with E-state index in [0.29, 0.717) is 16.2 Å². The second-order valence-corrected chi connectivity index (χ2v) is 5.37. The molecule has 0 spiro atoms. The summed E-state index contributed by atoms with van der Waals surface area (Å²) in [6.07, 6.45) is 3.41. The predicted molar refractivity (Wildman–Crippen MR) is 86.9 cm³/mol. The first-order chi connectivity index (χ1) is 10.6. The summed E-state index contributed by atoms with van der Waals surface area (Å²) in [6, 6.07) is 12.7. The Morgan fingerprint density at radius 2 is 1.91 bits per heavy atom. The Hall–Kier alpha value is -2.46. The Balaban J connectivity index is 1.93. The molecule has 0 bridgehead atoms. The largest absolute Gasteiger partial charge is 0.345 e. The molecule has 0 aliphatic heterocycles. The van der Waals surface area contributed by atoms with Crippen LogP contribution in [0.5, 0.6) is 0 Å². The molecular formula is C17H14ClN3O. The van der Waals surface area contributed by atoms with Crippen molar-refractivity contribution in [3.05, 3.63) is 71.1 Å². The number of halogens is 1. The number of hydrogen-bond donors (Lipinski definition) is 1. The first-order valence-electron chi connectivity index (χ1n) is 6.91. The molecule has 1 atom stereocenters. The number of aromatic nitrogens is 2. The molecule has 22 heavy (non-hydrogen) atoms. The van der Waals surface area contributed by atoms with Gasteiger partial charge in [-0.2, -0.15) is 0 Å². The summed E-state index contributed by atoms with van der Waals surface area (Å²) in [5, 5.41) is 4.07. The molecule has 1 N–H and O–H groups in total. The van der Waals surface area contributed by atoms with Gasteiger partial charge in [0.1, 0.15) is 5.15 Å². The van der Waals surface area contributed by atoms with Crippen LogP contribution in [0, 0.1) is 0 Å². The van der Waals surface area contributed by atoms with Crippen LogP contribution in [0.15, 0.2) is 54.9 Å². The molecule has 0 saturated carbocycles. The lowest BCUT2D eigenvalue weighted by Crippen LogP contribution is -2.27. The third-order valence-electron chi connectivity index (χ3n) is 3.48. The molecule has 3 aromatic rings. The maximum atomic E-state index is 12.6. The van der Waals surface area contributed by atoms with Gasteiger partial charge in [0.2, 0.25) is 0 Å². The van der Waals surface area contributed by atoms with E-state index in [1.807, 2.05) is 43.3 Å². The van der Waals surface area contributed by atoms with E-state index in [-0.39, 0.29) is 11.9 Å². The zero-order valence-electron chi connectivity index (χ0n) is 12.0. The number of hydrogen-bond acceptors (Lipinski definition) is 3. The molecule has 4 nitrogen and oxygen atoms in total. The van der Waals surface area contributed by atoms with Crippen LogP contribution in [-0.4, -0.2) is 15.9 Å². The van der Waals surface area contributed by atoms with E-state index < -0.39 is 0 Å². The number of pyridine rings is 2. The zero-order chi connectivity index (χ0) is 15.5. The predicted octanol–water partition coefficient (Wildman–Crippen LogP) is 3.77. The molecule has 2 heterocycles. The fourth-order valence-corrected chi connectivity index (χ4v) is 2.54. The number of benzene rings is 1. The third-order valence-corrected chi connectivity index (χ3v) is 3.68. The maximum Gasteiger partial charge on any atom is 0.252 e. The van der Waals surface area contributed by atoms with Crippen LogP contribution in [0.25, 0.3) is 10.9 Å². The zero-order valence-corrected chi connectivity index (χ0v) is 12.7. The van der Waals surface area contributed by atoms with Gasteiger partial charge in [-0.1, -0.05) is 29.8 Å². The van der Waals surface area contributed by atoms with Crippen molar-refractivity contribution >= 4 is 28.4 Å². The van der Waals surface area contributed by atoms with Gasteiger partial charge >= 0.3 is 0 Å². The fraction of sp³-hybridized carbons (Fsp3) is 0.118. The van der Waals surface area contributed by atoms with E-state index in [1.165, 1.54) is 0 Å². The summed E-state index contributed by atoms with van der Waals surface area (Å²) in [6.45, 7) is 1.93. The van der Waals surface area contributed by atoms with Crippen LogP contribution in [0.4, 0.5) is 0 Å². The van der Waals surface area contributed by atoms with Crippen LogP contribution in [0.2, 0.25) is 5.15 Å². The number of fused-ring (bicyclic) bond motifs is 1. The minimum atomic E-state index is -0.176. The first-order valence-corrected chi connectivity index (χ1v) is 7.29. The van der Waals surface area contributed by atoms with Gasteiger partial charge in [-0.15, -0.1) is 0 Å². The highest BCUT2D eigenvalue weighted by Gasteiger charge is 2.15. The van der Waals surface area contributed by atoms with Crippen molar-refractivity contribution in [2.24, 2.45) is 0 Å². The van der Waals surface area contributed by atoms with Gasteiger partial charge in [0.15, 0.2) is 0 Å². The first kappa shape index (κ1) is 14.5. The van der Waals surface area contributed by atoms with E-state index in [4.69, 9.17) is 11.6 Å². The average molecular weight is 312 g/mol. The number of para-hydroxylation sites is 1. The third kappa shape index (κ3) is 2.92.